The summed E-state index contributed by atoms with van der Waals surface area (Å²) in [5.74, 6) is -0.919. The minimum atomic E-state index is -0.919. The zero-order valence-electron chi connectivity index (χ0n) is 12.1. The fourth-order valence-corrected chi connectivity index (χ4v) is 1.95. The van der Waals surface area contributed by atoms with Gasteiger partial charge in [0, 0.05) is 31.4 Å². The van der Waals surface area contributed by atoms with Crippen LogP contribution in [0.2, 0.25) is 0 Å². The highest BCUT2D eigenvalue weighted by atomic mass is 16.4. The van der Waals surface area contributed by atoms with Gasteiger partial charge in [0.1, 0.15) is 0 Å². The van der Waals surface area contributed by atoms with Crippen LogP contribution in [0.5, 0.6) is 0 Å². The molecule has 20 heavy (non-hydrogen) atoms. The molecule has 0 aromatic carbocycles. The van der Waals surface area contributed by atoms with Gasteiger partial charge in [-0.05, 0) is 12.8 Å². The number of hydrogen-bond donors (Lipinski definition) is 3. The summed E-state index contributed by atoms with van der Waals surface area (Å²) >= 11 is 0. The minimum Gasteiger partial charge on any atom is -0.481 e. The van der Waals surface area contributed by atoms with E-state index >= 15 is 0 Å². The van der Waals surface area contributed by atoms with Crippen molar-refractivity contribution >= 4 is 12.0 Å². The van der Waals surface area contributed by atoms with Crippen molar-refractivity contribution in [3.05, 3.63) is 17.5 Å². The number of aromatic nitrogens is 2. The van der Waals surface area contributed by atoms with Gasteiger partial charge in [-0.2, -0.15) is 5.10 Å². The van der Waals surface area contributed by atoms with E-state index in [4.69, 9.17) is 5.11 Å². The molecule has 0 saturated carbocycles. The van der Waals surface area contributed by atoms with Gasteiger partial charge in [-0.3, -0.25) is 9.48 Å². The number of carbonyl (C=O) groups excluding carboxylic acids is 1. The maximum atomic E-state index is 11.7. The zero-order chi connectivity index (χ0) is 15.1. The summed E-state index contributed by atoms with van der Waals surface area (Å²) in [7, 11) is 1.84. The summed E-state index contributed by atoms with van der Waals surface area (Å²) in [6, 6.07) is -0.712. The first-order valence-electron chi connectivity index (χ1n) is 6.73. The van der Waals surface area contributed by atoms with Gasteiger partial charge in [0.15, 0.2) is 0 Å². The molecule has 1 aromatic rings. The molecule has 0 bridgehead atoms. The first kappa shape index (κ1) is 16.0. The van der Waals surface area contributed by atoms with Crippen LogP contribution in [-0.4, -0.2) is 32.9 Å². The number of rotatable bonds is 7. The summed E-state index contributed by atoms with van der Waals surface area (Å²) < 4.78 is 1.72. The molecule has 1 atom stereocenters. The molecule has 7 heteroatoms. The first-order chi connectivity index (χ1) is 9.46. The average molecular weight is 282 g/mol. The second-order valence-corrected chi connectivity index (χ2v) is 4.66. The monoisotopic (exact) mass is 282 g/mol. The number of amides is 2. The standard InChI is InChI=1S/C13H22N4O3/c1-4-10(6-12(18)19)15-13(20)14-7-9-8-17(3)16-11(9)5-2/h8,10H,4-7H2,1-3H3,(H,18,19)(H2,14,15,20). The lowest BCUT2D eigenvalue weighted by Crippen LogP contribution is -2.42. The Balaban J connectivity index is 2.48. The van der Waals surface area contributed by atoms with E-state index in [2.05, 4.69) is 15.7 Å². The lowest BCUT2D eigenvalue weighted by atomic mass is 10.1. The highest BCUT2D eigenvalue weighted by molar-refractivity contribution is 5.75. The van der Waals surface area contributed by atoms with Crippen molar-refractivity contribution in [3.8, 4) is 0 Å². The molecule has 7 nitrogen and oxygen atoms in total. The summed E-state index contributed by atoms with van der Waals surface area (Å²) in [5, 5.41) is 18.4. The number of aryl methyl sites for hydroxylation is 2. The molecule has 1 rings (SSSR count). The molecule has 3 N–H and O–H groups in total. The Hall–Kier alpha value is -2.05. The van der Waals surface area contributed by atoms with E-state index in [0.29, 0.717) is 13.0 Å². The summed E-state index contributed by atoms with van der Waals surface area (Å²) in [6.07, 6.45) is 3.17. The SMILES string of the molecule is CCc1nn(C)cc1CNC(=O)NC(CC)CC(=O)O. The topological polar surface area (TPSA) is 96.3 Å². The van der Waals surface area contributed by atoms with Crippen molar-refractivity contribution < 1.29 is 14.7 Å². The quantitative estimate of drug-likeness (QED) is 0.696. The Kier molecular flexibility index (Phi) is 6.02. The Labute approximate surface area is 118 Å². The summed E-state index contributed by atoms with van der Waals surface area (Å²) in [6.45, 7) is 4.22. The van der Waals surface area contributed by atoms with Crippen LogP contribution in [0.1, 0.15) is 37.9 Å². The molecule has 112 valence electrons. The molecule has 1 unspecified atom stereocenters. The van der Waals surface area contributed by atoms with Crippen LogP contribution in [0.3, 0.4) is 0 Å². The number of carboxylic acids is 1. The number of hydrogen-bond acceptors (Lipinski definition) is 3. The predicted molar refractivity (Wildman–Crippen MR) is 74.3 cm³/mol. The zero-order valence-corrected chi connectivity index (χ0v) is 12.1. The number of carboxylic acid groups (broad SMARTS) is 1. The van der Waals surface area contributed by atoms with Crippen LogP contribution in [0.4, 0.5) is 4.79 Å². The van der Waals surface area contributed by atoms with Crippen LogP contribution in [0.25, 0.3) is 0 Å². The number of nitrogens with zero attached hydrogens (tertiary/aromatic N) is 2. The third-order valence-corrected chi connectivity index (χ3v) is 3.02. The molecular formula is C13H22N4O3. The molecule has 0 fully saturated rings. The van der Waals surface area contributed by atoms with Crippen molar-refractivity contribution in [1.82, 2.24) is 20.4 Å². The average Bonchev–Trinajstić information content (AvgIpc) is 2.75. The predicted octanol–water partition coefficient (Wildman–Crippen LogP) is 1.03. The van der Waals surface area contributed by atoms with E-state index in [1.807, 2.05) is 27.1 Å². The van der Waals surface area contributed by atoms with Crippen molar-refractivity contribution in [2.75, 3.05) is 0 Å². The van der Waals surface area contributed by atoms with Gasteiger partial charge in [0.25, 0.3) is 0 Å². The fraction of sp³-hybridized carbons (Fsp3) is 0.615. The van der Waals surface area contributed by atoms with Crippen LogP contribution in [0, 0.1) is 0 Å². The minimum absolute atomic E-state index is 0.0724. The Morgan fingerprint density at radius 2 is 2.15 bits per heavy atom. The van der Waals surface area contributed by atoms with Crippen LogP contribution >= 0.6 is 0 Å². The molecule has 0 aliphatic rings. The van der Waals surface area contributed by atoms with Gasteiger partial charge in [0.2, 0.25) is 0 Å². The molecule has 0 saturated heterocycles. The third-order valence-electron chi connectivity index (χ3n) is 3.02. The maximum absolute atomic E-state index is 11.7. The molecular weight excluding hydrogens is 260 g/mol. The Bertz CT molecular complexity index is 470. The lowest BCUT2D eigenvalue weighted by molar-refractivity contribution is -0.137. The summed E-state index contributed by atoms with van der Waals surface area (Å²) in [5.41, 5.74) is 1.92. The van der Waals surface area contributed by atoms with Crippen molar-refractivity contribution in [3.63, 3.8) is 0 Å². The van der Waals surface area contributed by atoms with Gasteiger partial charge in [-0.1, -0.05) is 13.8 Å². The number of urea groups is 1. The normalized spacial score (nSPS) is 11.9. The largest absolute Gasteiger partial charge is 0.481 e. The lowest BCUT2D eigenvalue weighted by Gasteiger charge is -2.15. The van der Waals surface area contributed by atoms with Crippen LogP contribution in [0.15, 0.2) is 6.20 Å². The first-order valence-corrected chi connectivity index (χ1v) is 6.73. The molecule has 0 spiro atoms. The number of nitrogens with one attached hydrogen (secondary N) is 2. The van der Waals surface area contributed by atoms with E-state index in [1.54, 1.807) is 4.68 Å². The molecule has 1 aromatic heterocycles. The molecule has 0 radical (unpaired) electrons. The van der Waals surface area contributed by atoms with Gasteiger partial charge in [-0.15, -0.1) is 0 Å². The number of aliphatic carboxylic acids is 1. The fourth-order valence-electron chi connectivity index (χ4n) is 1.95. The van der Waals surface area contributed by atoms with Gasteiger partial charge in [0.05, 0.1) is 12.1 Å². The van der Waals surface area contributed by atoms with E-state index in [0.717, 1.165) is 17.7 Å². The summed E-state index contributed by atoms with van der Waals surface area (Å²) in [4.78, 5) is 22.4. The second-order valence-electron chi connectivity index (χ2n) is 4.66. The molecule has 2 amide bonds. The van der Waals surface area contributed by atoms with Gasteiger partial charge in [-0.25, -0.2) is 4.79 Å². The van der Waals surface area contributed by atoms with E-state index in [9.17, 15) is 9.59 Å². The maximum Gasteiger partial charge on any atom is 0.315 e. The van der Waals surface area contributed by atoms with Crippen molar-refractivity contribution in [1.29, 1.82) is 0 Å². The molecule has 1 heterocycles. The number of carbonyl (C=O) groups is 2. The molecule has 0 aliphatic heterocycles. The van der Waals surface area contributed by atoms with Crippen molar-refractivity contribution in [2.45, 2.75) is 45.7 Å². The highest BCUT2D eigenvalue weighted by Crippen LogP contribution is 2.06. The smallest absolute Gasteiger partial charge is 0.315 e. The van der Waals surface area contributed by atoms with E-state index in [1.165, 1.54) is 0 Å². The second kappa shape index (κ2) is 7.52. The van der Waals surface area contributed by atoms with Gasteiger partial charge >= 0.3 is 12.0 Å². The van der Waals surface area contributed by atoms with Crippen LogP contribution in [-0.2, 0) is 24.8 Å². The highest BCUT2D eigenvalue weighted by Gasteiger charge is 2.14. The van der Waals surface area contributed by atoms with Crippen LogP contribution < -0.4 is 10.6 Å². The Morgan fingerprint density at radius 3 is 2.70 bits per heavy atom. The van der Waals surface area contributed by atoms with E-state index < -0.39 is 5.97 Å². The third kappa shape index (κ3) is 4.91. The van der Waals surface area contributed by atoms with E-state index in [-0.39, 0.29) is 18.5 Å². The molecule has 0 aliphatic carbocycles. The Morgan fingerprint density at radius 1 is 1.45 bits per heavy atom. The van der Waals surface area contributed by atoms with Gasteiger partial charge < -0.3 is 15.7 Å². The van der Waals surface area contributed by atoms with Crippen molar-refractivity contribution in [2.24, 2.45) is 7.05 Å².